The van der Waals surface area contributed by atoms with Crippen LogP contribution in [0.2, 0.25) is 0 Å². The molecule has 0 aliphatic rings. The zero-order chi connectivity index (χ0) is 31.3. The molecule has 0 aromatic carbocycles. The Kier molecular flexibility index (Phi) is 45.8. The minimum Gasteiger partial charge on any atom is -0.379 e. The van der Waals surface area contributed by atoms with Crippen molar-refractivity contribution in [2.24, 2.45) is 10.8 Å². The molecule has 0 spiro atoms. The van der Waals surface area contributed by atoms with Crippen molar-refractivity contribution in [3.8, 4) is 0 Å². The van der Waals surface area contributed by atoms with E-state index in [0.29, 0.717) is 22.5 Å². The fraction of sp³-hybridized carbons (Fsp3) is 0.857. The Hall–Kier alpha value is 0.200. The predicted octanol–water partition coefficient (Wildman–Crippen LogP) is 9.60. The van der Waals surface area contributed by atoms with Gasteiger partial charge in [0.05, 0.1) is 25.9 Å². The summed E-state index contributed by atoms with van der Waals surface area (Å²) in [7, 11) is -2.22. The van der Waals surface area contributed by atoms with Crippen LogP contribution in [-0.2, 0) is 32.5 Å². The molecule has 0 heterocycles. The van der Waals surface area contributed by atoms with Crippen molar-refractivity contribution >= 4 is 55.6 Å². The first kappa shape index (κ1) is 51.9. The van der Waals surface area contributed by atoms with Gasteiger partial charge in [0.1, 0.15) is 0 Å². The molecular formula is C28H63O7PS3. The van der Waals surface area contributed by atoms with Gasteiger partial charge in [-0.3, -0.25) is 23.2 Å². The highest BCUT2D eigenvalue weighted by atomic mass is 32.2. The lowest BCUT2D eigenvalue weighted by Gasteiger charge is -2.21. The van der Waals surface area contributed by atoms with Crippen LogP contribution < -0.4 is 0 Å². The minimum absolute atomic E-state index is 0. The van der Waals surface area contributed by atoms with E-state index in [1.807, 2.05) is 62.3 Å². The molecule has 0 aliphatic carbocycles. The summed E-state index contributed by atoms with van der Waals surface area (Å²) in [6.07, 6.45) is 3.20. The van der Waals surface area contributed by atoms with Gasteiger partial charge in [0, 0.05) is 24.0 Å². The summed E-state index contributed by atoms with van der Waals surface area (Å²) in [6.45, 7) is 29.7. The van der Waals surface area contributed by atoms with Gasteiger partial charge in [0.25, 0.3) is 0 Å². The Morgan fingerprint density at radius 2 is 1.36 bits per heavy atom. The number of carbonyl (C=O) groups excluding carboxylic acids is 2. The summed E-state index contributed by atoms with van der Waals surface area (Å²) in [5, 5.41) is 0.0301. The fourth-order valence-corrected chi connectivity index (χ4v) is 4.13. The number of rotatable bonds is 15. The third kappa shape index (κ3) is 48.3. The highest BCUT2D eigenvalue weighted by Gasteiger charge is 2.29. The van der Waals surface area contributed by atoms with E-state index in [9.17, 15) is 14.2 Å². The van der Waals surface area contributed by atoms with Crippen LogP contribution in [-0.4, -0.2) is 55.3 Å². The Morgan fingerprint density at radius 3 is 1.69 bits per heavy atom. The van der Waals surface area contributed by atoms with Crippen LogP contribution in [0.1, 0.15) is 103 Å². The Bertz CT molecular complexity index is 572. The number of carbonyl (C=O) groups is 2. The number of thioether (sulfide) groups is 2. The lowest BCUT2D eigenvalue weighted by Crippen LogP contribution is -2.19. The highest BCUT2D eigenvalue weighted by Crippen LogP contribution is 2.49. The Labute approximate surface area is 258 Å². The van der Waals surface area contributed by atoms with Gasteiger partial charge >= 0.3 is 7.82 Å². The maximum atomic E-state index is 12.7. The zero-order valence-corrected chi connectivity index (χ0v) is 31.0. The molecule has 0 saturated carbocycles. The largest absolute Gasteiger partial charge is 0.474 e. The Balaban J connectivity index is -0.000000177. The quantitative estimate of drug-likeness (QED) is 0.0753. The lowest BCUT2D eigenvalue weighted by atomic mass is 10.00. The molecule has 11 heteroatoms. The van der Waals surface area contributed by atoms with Crippen molar-refractivity contribution in [2.75, 3.05) is 38.4 Å². The van der Waals surface area contributed by atoms with Gasteiger partial charge in [0.2, 0.25) is 0 Å². The molecule has 0 aromatic rings. The molecule has 7 nitrogen and oxygen atoms in total. The van der Waals surface area contributed by atoms with Crippen molar-refractivity contribution < 1.29 is 32.5 Å². The van der Waals surface area contributed by atoms with Crippen LogP contribution in [0, 0.1) is 10.8 Å². The summed E-state index contributed by atoms with van der Waals surface area (Å²) < 4.78 is 34.0. The van der Waals surface area contributed by atoms with E-state index in [1.54, 1.807) is 13.2 Å². The standard InChI is InChI=1S/C16H31O7PS2.C5H12.C3H6.2C2H6.H2S/c1-6-7-14(20-5)12-23-24(19,21-8-10-25-13-17)22-9-11-26-15(18)16(2,3)4;1-5(2,3)4;1-3-2;2*1-2;/h13-14H,6-12H2,1-5H3;1-4H3;3H,1H2,2H3;2*1-2H3;1H2. The third-order valence-electron chi connectivity index (χ3n) is 3.06. The van der Waals surface area contributed by atoms with Gasteiger partial charge in [-0.15, -0.1) is 6.58 Å². The van der Waals surface area contributed by atoms with Crippen molar-refractivity contribution in [1.82, 2.24) is 0 Å². The van der Waals surface area contributed by atoms with E-state index in [4.69, 9.17) is 18.3 Å². The van der Waals surface area contributed by atoms with E-state index in [0.717, 1.165) is 36.4 Å². The highest BCUT2D eigenvalue weighted by molar-refractivity contribution is 8.13. The number of ether oxygens (including phenoxy) is 1. The molecule has 0 fully saturated rings. The third-order valence-corrected chi connectivity index (χ3v) is 6.31. The summed E-state index contributed by atoms with van der Waals surface area (Å²) >= 11 is 2.13. The first-order valence-electron chi connectivity index (χ1n) is 13.5. The second-order valence-corrected chi connectivity index (χ2v) is 13.5. The van der Waals surface area contributed by atoms with Gasteiger partial charge in [-0.2, -0.15) is 13.5 Å². The van der Waals surface area contributed by atoms with Gasteiger partial charge in [-0.1, -0.05) is 119 Å². The van der Waals surface area contributed by atoms with Gasteiger partial charge in [-0.05, 0) is 18.8 Å². The van der Waals surface area contributed by atoms with E-state index < -0.39 is 13.2 Å². The van der Waals surface area contributed by atoms with Crippen LogP contribution >= 0.6 is 44.8 Å². The maximum absolute atomic E-state index is 12.7. The molecular weight excluding hydrogens is 575 g/mol. The van der Waals surface area contributed by atoms with E-state index in [2.05, 4.69) is 34.3 Å². The lowest BCUT2D eigenvalue weighted by molar-refractivity contribution is -0.117. The molecule has 0 bridgehead atoms. The molecule has 0 radical (unpaired) electrons. The monoisotopic (exact) mass is 638 g/mol. The summed E-state index contributed by atoms with van der Waals surface area (Å²) in [6, 6.07) is 0. The Morgan fingerprint density at radius 1 is 0.949 bits per heavy atom. The SMILES string of the molecule is C=CC.CC.CC.CC(C)(C)C.CCCC(COP(=O)(OCCSC=O)OCCSC(=O)C(C)(C)C)OC.S. The molecule has 2 unspecified atom stereocenters. The van der Waals surface area contributed by atoms with E-state index in [-0.39, 0.29) is 44.5 Å². The van der Waals surface area contributed by atoms with Crippen molar-refractivity contribution in [3.05, 3.63) is 12.7 Å². The topological polar surface area (TPSA) is 88.1 Å². The fourth-order valence-electron chi connectivity index (χ4n) is 1.62. The zero-order valence-electron chi connectivity index (χ0n) is 27.5. The maximum Gasteiger partial charge on any atom is 0.474 e. The average Bonchev–Trinajstić information content (AvgIpc) is 2.83. The number of phosphoric acid groups is 1. The molecule has 2 atom stereocenters. The molecule has 0 N–H and O–H groups in total. The van der Waals surface area contributed by atoms with Gasteiger partial charge in [0.15, 0.2) is 10.7 Å². The van der Waals surface area contributed by atoms with E-state index in [1.165, 1.54) is 0 Å². The van der Waals surface area contributed by atoms with Crippen LogP contribution in [0.25, 0.3) is 0 Å². The summed E-state index contributed by atoms with van der Waals surface area (Å²) in [5.41, 5.74) is 0.742. The van der Waals surface area contributed by atoms with Gasteiger partial charge < -0.3 is 4.74 Å². The van der Waals surface area contributed by atoms with Gasteiger partial charge in [-0.25, -0.2) is 4.57 Å². The first-order valence-corrected chi connectivity index (χ1v) is 17.0. The smallest absolute Gasteiger partial charge is 0.379 e. The van der Waals surface area contributed by atoms with E-state index >= 15 is 0 Å². The van der Waals surface area contributed by atoms with Crippen LogP contribution in [0.4, 0.5) is 0 Å². The second kappa shape index (κ2) is 34.4. The summed E-state index contributed by atoms with van der Waals surface area (Å²) in [5.74, 6) is 0.693. The normalized spacial score (nSPS) is 12.5. The molecule has 0 rings (SSSR count). The summed E-state index contributed by atoms with van der Waals surface area (Å²) in [4.78, 5) is 22.2. The van der Waals surface area contributed by atoms with Crippen LogP contribution in [0.5, 0.6) is 0 Å². The molecule has 0 aliphatic heterocycles. The van der Waals surface area contributed by atoms with Crippen molar-refractivity contribution in [2.45, 2.75) is 109 Å². The number of allylic oxidation sites excluding steroid dienone is 1. The molecule has 0 amide bonds. The molecule has 39 heavy (non-hydrogen) atoms. The molecule has 240 valence electrons. The molecule has 0 aromatic heterocycles. The van der Waals surface area contributed by atoms with Crippen molar-refractivity contribution in [1.29, 1.82) is 0 Å². The second-order valence-electron chi connectivity index (χ2n) is 9.82. The predicted molar refractivity (Wildman–Crippen MR) is 181 cm³/mol. The number of hydrogen-bond acceptors (Lipinski definition) is 9. The molecule has 0 saturated heterocycles. The number of methoxy groups -OCH3 is 1. The van der Waals surface area contributed by atoms with Crippen LogP contribution in [0.3, 0.4) is 0 Å². The first-order chi connectivity index (χ1) is 17.6. The number of phosphoric ester groups is 1. The average molecular weight is 639 g/mol. The minimum atomic E-state index is -3.78. The van der Waals surface area contributed by atoms with Crippen LogP contribution in [0.15, 0.2) is 12.7 Å². The number of hydrogen-bond donors (Lipinski definition) is 0. The van der Waals surface area contributed by atoms with Crippen molar-refractivity contribution in [3.63, 3.8) is 0 Å².